The van der Waals surface area contributed by atoms with Gasteiger partial charge in [-0.1, -0.05) is 32.4 Å². The third kappa shape index (κ3) is 2.66. The highest BCUT2D eigenvalue weighted by molar-refractivity contribution is 5.66. The zero-order chi connectivity index (χ0) is 10.6. The molecule has 1 aromatic carbocycles. The molecule has 0 aliphatic rings. The first-order valence-electron chi connectivity index (χ1n) is 5.20. The van der Waals surface area contributed by atoms with Crippen LogP contribution in [0.3, 0.4) is 0 Å². The van der Waals surface area contributed by atoms with Crippen molar-refractivity contribution in [2.45, 2.75) is 20.3 Å². The first-order valence-corrected chi connectivity index (χ1v) is 5.20. The van der Waals surface area contributed by atoms with Gasteiger partial charge in [0.2, 0.25) is 0 Å². The fourth-order valence-electron chi connectivity index (χ4n) is 1.53. The lowest BCUT2D eigenvalue weighted by Crippen LogP contribution is -2.24. The molecule has 0 saturated heterocycles. The molecule has 1 unspecified atom stereocenters. The van der Waals surface area contributed by atoms with Gasteiger partial charge in [-0.15, -0.1) is 0 Å². The maximum absolute atomic E-state index is 5.90. The van der Waals surface area contributed by atoms with Crippen LogP contribution < -0.4 is 10.6 Å². The highest BCUT2D eigenvalue weighted by Crippen LogP contribution is 2.22. The number of hydrogen-bond donors (Lipinski definition) is 1. The van der Waals surface area contributed by atoms with Gasteiger partial charge in [-0.3, -0.25) is 0 Å². The lowest BCUT2D eigenvalue weighted by Gasteiger charge is -2.24. The van der Waals surface area contributed by atoms with E-state index in [9.17, 15) is 0 Å². The maximum Gasteiger partial charge on any atom is 0.0597 e. The summed E-state index contributed by atoms with van der Waals surface area (Å²) in [6, 6.07) is 8.01. The van der Waals surface area contributed by atoms with Crippen molar-refractivity contribution >= 4 is 11.4 Å². The summed E-state index contributed by atoms with van der Waals surface area (Å²) in [5.74, 6) is 0.708. The Morgan fingerprint density at radius 3 is 2.57 bits per heavy atom. The van der Waals surface area contributed by atoms with Gasteiger partial charge in [-0.2, -0.15) is 0 Å². The van der Waals surface area contributed by atoms with Crippen LogP contribution >= 0.6 is 0 Å². The van der Waals surface area contributed by atoms with Crippen LogP contribution in [0.4, 0.5) is 11.4 Å². The second kappa shape index (κ2) is 4.89. The summed E-state index contributed by atoms with van der Waals surface area (Å²) in [6.07, 6.45) is 1.21. The zero-order valence-corrected chi connectivity index (χ0v) is 9.33. The molecule has 0 fully saturated rings. The zero-order valence-electron chi connectivity index (χ0n) is 9.33. The highest BCUT2D eigenvalue weighted by Gasteiger charge is 2.07. The van der Waals surface area contributed by atoms with E-state index < -0.39 is 0 Å². The van der Waals surface area contributed by atoms with Gasteiger partial charge in [0.25, 0.3) is 0 Å². The van der Waals surface area contributed by atoms with E-state index in [1.807, 2.05) is 18.2 Å². The Bertz CT molecular complexity index is 283. The van der Waals surface area contributed by atoms with Crippen LogP contribution in [-0.4, -0.2) is 13.6 Å². The molecule has 2 heteroatoms. The molecule has 0 aromatic heterocycles. The Labute approximate surface area is 86.7 Å². The SMILES string of the molecule is CCC(C)CN(C)c1ccccc1N. The first-order chi connectivity index (χ1) is 6.65. The minimum atomic E-state index is 0.708. The molecule has 0 bridgehead atoms. The first kappa shape index (κ1) is 10.9. The number of hydrogen-bond acceptors (Lipinski definition) is 2. The van der Waals surface area contributed by atoms with Crippen LogP contribution in [-0.2, 0) is 0 Å². The molecule has 0 saturated carbocycles. The van der Waals surface area contributed by atoms with Gasteiger partial charge >= 0.3 is 0 Å². The number of anilines is 2. The fourth-order valence-corrected chi connectivity index (χ4v) is 1.53. The summed E-state index contributed by atoms with van der Waals surface area (Å²) in [5.41, 5.74) is 7.89. The van der Waals surface area contributed by atoms with Crippen LogP contribution in [0.25, 0.3) is 0 Å². The van der Waals surface area contributed by atoms with Gasteiger partial charge in [0, 0.05) is 13.6 Å². The molecule has 2 N–H and O–H groups in total. The summed E-state index contributed by atoms with van der Waals surface area (Å²) in [5, 5.41) is 0. The molecule has 0 heterocycles. The maximum atomic E-state index is 5.90. The number of nitrogen functional groups attached to an aromatic ring is 1. The Balaban J connectivity index is 2.69. The minimum absolute atomic E-state index is 0.708. The largest absolute Gasteiger partial charge is 0.397 e. The second-order valence-corrected chi connectivity index (χ2v) is 3.95. The third-order valence-electron chi connectivity index (χ3n) is 2.63. The van der Waals surface area contributed by atoms with Crippen molar-refractivity contribution in [1.82, 2.24) is 0 Å². The topological polar surface area (TPSA) is 29.3 Å². The van der Waals surface area contributed by atoms with Crippen molar-refractivity contribution in [2.75, 3.05) is 24.2 Å². The molecule has 1 rings (SSSR count). The highest BCUT2D eigenvalue weighted by atomic mass is 15.1. The molecular weight excluding hydrogens is 172 g/mol. The summed E-state index contributed by atoms with van der Waals surface area (Å²) in [6.45, 7) is 5.53. The number of nitrogens with zero attached hydrogens (tertiary/aromatic N) is 1. The van der Waals surface area contributed by atoms with E-state index in [-0.39, 0.29) is 0 Å². The molecule has 1 atom stereocenters. The Morgan fingerprint density at radius 1 is 1.36 bits per heavy atom. The van der Waals surface area contributed by atoms with Gasteiger partial charge in [-0.05, 0) is 18.1 Å². The lowest BCUT2D eigenvalue weighted by molar-refractivity contribution is 0.560. The normalized spacial score (nSPS) is 12.5. The molecule has 0 aliphatic heterocycles. The Hall–Kier alpha value is -1.18. The van der Waals surface area contributed by atoms with E-state index in [4.69, 9.17) is 5.73 Å². The standard InChI is InChI=1S/C12H20N2/c1-4-10(2)9-14(3)12-8-6-5-7-11(12)13/h5-8,10H,4,9,13H2,1-3H3. The molecule has 1 aromatic rings. The minimum Gasteiger partial charge on any atom is -0.397 e. The lowest BCUT2D eigenvalue weighted by atomic mass is 10.1. The summed E-state index contributed by atoms with van der Waals surface area (Å²) < 4.78 is 0. The van der Waals surface area contributed by atoms with Gasteiger partial charge in [-0.25, -0.2) is 0 Å². The third-order valence-corrected chi connectivity index (χ3v) is 2.63. The Kier molecular flexibility index (Phi) is 3.81. The molecule has 0 spiro atoms. The number of benzene rings is 1. The molecule has 0 aliphatic carbocycles. The van der Waals surface area contributed by atoms with E-state index in [1.165, 1.54) is 6.42 Å². The molecule has 0 radical (unpaired) electrons. The average molecular weight is 192 g/mol. The van der Waals surface area contributed by atoms with Crippen molar-refractivity contribution in [3.8, 4) is 0 Å². The summed E-state index contributed by atoms with van der Waals surface area (Å²) >= 11 is 0. The van der Waals surface area contributed by atoms with Crippen LogP contribution in [0.1, 0.15) is 20.3 Å². The number of nitrogens with two attached hydrogens (primary N) is 1. The van der Waals surface area contributed by atoms with E-state index in [0.717, 1.165) is 17.9 Å². The molecular formula is C12H20N2. The quantitative estimate of drug-likeness (QED) is 0.743. The van der Waals surface area contributed by atoms with E-state index >= 15 is 0 Å². The van der Waals surface area contributed by atoms with Gasteiger partial charge in [0.1, 0.15) is 0 Å². The van der Waals surface area contributed by atoms with Crippen LogP contribution in [0, 0.1) is 5.92 Å². The van der Waals surface area contributed by atoms with Gasteiger partial charge < -0.3 is 10.6 Å². The van der Waals surface area contributed by atoms with Crippen LogP contribution in [0.15, 0.2) is 24.3 Å². The number of para-hydroxylation sites is 2. The molecule has 2 nitrogen and oxygen atoms in total. The van der Waals surface area contributed by atoms with Crippen molar-refractivity contribution in [2.24, 2.45) is 5.92 Å². The average Bonchev–Trinajstić information content (AvgIpc) is 2.18. The van der Waals surface area contributed by atoms with Gasteiger partial charge in [0.15, 0.2) is 0 Å². The van der Waals surface area contributed by atoms with Crippen molar-refractivity contribution in [1.29, 1.82) is 0 Å². The molecule has 14 heavy (non-hydrogen) atoms. The molecule has 78 valence electrons. The van der Waals surface area contributed by atoms with Crippen molar-refractivity contribution in [3.63, 3.8) is 0 Å². The smallest absolute Gasteiger partial charge is 0.0597 e. The predicted octanol–water partition coefficient (Wildman–Crippen LogP) is 2.75. The van der Waals surface area contributed by atoms with E-state index in [2.05, 4.69) is 31.9 Å². The fraction of sp³-hybridized carbons (Fsp3) is 0.500. The van der Waals surface area contributed by atoms with Crippen molar-refractivity contribution in [3.05, 3.63) is 24.3 Å². The monoisotopic (exact) mass is 192 g/mol. The summed E-state index contributed by atoms with van der Waals surface area (Å²) in [7, 11) is 2.10. The van der Waals surface area contributed by atoms with Crippen LogP contribution in [0.2, 0.25) is 0 Å². The number of rotatable bonds is 4. The van der Waals surface area contributed by atoms with E-state index in [1.54, 1.807) is 0 Å². The van der Waals surface area contributed by atoms with Gasteiger partial charge in [0.05, 0.1) is 11.4 Å². The predicted molar refractivity (Wildman–Crippen MR) is 63.6 cm³/mol. The van der Waals surface area contributed by atoms with Crippen LogP contribution in [0.5, 0.6) is 0 Å². The van der Waals surface area contributed by atoms with E-state index in [0.29, 0.717) is 5.92 Å². The molecule has 0 amide bonds. The summed E-state index contributed by atoms with van der Waals surface area (Å²) in [4.78, 5) is 2.23. The van der Waals surface area contributed by atoms with Crippen molar-refractivity contribution < 1.29 is 0 Å². The second-order valence-electron chi connectivity index (χ2n) is 3.95. The Morgan fingerprint density at radius 2 is 2.00 bits per heavy atom.